The molecule has 2 N–H and O–H groups in total. The molecule has 1 aromatic carbocycles. The van der Waals surface area contributed by atoms with Gasteiger partial charge in [0.15, 0.2) is 22.9 Å². The third kappa shape index (κ3) is 4.99. The molecule has 2 aliphatic rings. The van der Waals surface area contributed by atoms with Crippen molar-refractivity contribution in [2.45, 2.75) is 43.7 Å². The zero-order valence-electron chi connectivity index (χ0n) is 23.2. The van der Waals surface area contributed by atoms with Crippen molar-refractivity contribution in [1.29, 1.82) is 0 Å². The van der Waals surface area contributed by atoms with Gasteiger partial charge in [0, 0.05) is 23.5 Å². The summed E-state index contributed by atoms with van der Waals surface area (Å²) in [7, 11) is 1.43. The number of amides is 1. The van der Waals surface area contributed by atoms with Gasteiger partial charge in [-0.05, 0) is 63.1 Å². The quantitative estimate of drug-likeness (QED) is 0.315. The van der Waals surface area contributed by atoms with Crippen molar-refractivity contribution in [2.24, 2.45) is 0 Å². The number of alkyl halides is 1. The molecule has 0 atom stereocenters. The number of pyridine rings is 2. The van der Waals surface area contributed by atoms with Gasteiger partial charge >= 0.3 is 0 Å². The lowest BCUT2D eigenvalue weighted by atomic mass is 9.93. The number of imidazole rings is 1. The lowest BCUT2D eigenvalue weighted by Gasteiger charge is -2.29. The minimum Gasteiger partial charge on any atom is -0.493 e. The molecule has 2 fully saturated rings. The van der Waals surface area contributed by atoms with Crippen LogP contribution < -0.4 is 10.1 Å². The molecule has 3 aromatic heterocycles. The fourth-order valence-electron chi connectivity index (χ4n) is 4.99. The van der Waals surface area contributed by atoms with Gasteiger partial charge in [0.05, 0.1) is 43.7 Å². The summed E-state index contributed by atoms with van der Waals surface area (Å²) in [5, 5.41) is 13.6. The second kappa shape index (κ2) is 10.1. The zero-order valence-corrected chi connectivity index (χ0v) is 23.2. The van der Waals surface area contributed by atoms with Gasteiger partial charge in [-0.3, -0.25) is 4.79 Å². The van der Waals surface area contributed by atoms with E-state index in [0.29, 0.717) is 24.2 Å². The highest BCUT2D eigenvalue weighted by atomic mass is 19.1. The maximum Gasteiger partial charge on any atom is 0.253 e. The van der Waals surface area contributed by atoms with Crippen molar-refractivity contribution in [2.75, 3.05) is 26.9 Å². The van der Waals surface area contributed by atoms with Crippen LogP contribution in [-0.2, 0) is 26.5 Å². The number of methoxy groups -OCH3 is 1. The fraction of sp³-hybridized carbons (Fsp3) is 0.367. The average molecular weight is 583 g/mol. The van der Waals surface area contributed by atoms with E-state index in [4.69, 9.17) is 14.2 Å². The fourth-order valence-corrected chi connectivity index (χ4v) is 4.99. The molecule has 1 aliphatic carbocycles. The smallest absolute Gasteiger partial charge is 0.253 e. The number of benzene rings is 1. The molecule has 0 radical (unpaired) electrons. The van der Waals surface area contributed by atoms with E-state index in [0.717, 1.165) is 0 Å². The van der Waals surface area contributed by atoms with Crippen molar-refractivity contribution in [3.63, 3.8) is 0 Å². The van der Waals surface area contributed by atoms with Gasteiger partial charge < -0.3 is 29.0 Å². The van der Waals surface area contributed by atoms with Gasteiger partial charge in [-0.1, -0.05) is 0 Å². The van der Waals surface area contributed by atoms with E-state index in [1.807, 2.05) is 0 Å². The molecular formula is C30H29F3N4O5. The summed E-state index contributed by atoms with van der Waals surface area (Å²) in [6.45, 7) is 2.96. The van der Waals surface area contributed by atoms with E-state index in [2.05, 4.69) is 15.3 Å². The van der Waals surface area contributed by atoms with Crippen LogP contribution in [0.4, 0.5) is 13.2 Å². The van der Waals surface area contributed by atoms with Crippen LogP contribution in [0.15, 0.2) is 48.8 Å². The minimum absolute atomic E-state index is 0.0796. The van der Waals surface area contributed by atoms with E-state index in [9.17, 15) is 18.7 Å². The van der Waals surface area contributed by atoms with Gasteiger partial charge in [-0.15, -0.1) is 0 Å². The maximum absolute atomic E-state index is 15.6. The molecule has 0 unspecified atom stereocenters. The van der Waals surface area contributed by atoms with Gasteiger partial charge in [-0.2, -0.15) is 0 Å². The Morgan fingerprint density at radius 2 is 1.79 bits per heavy atom. The summed E-state index contributed by atoms with van der Waals surface area (Å²) in [5.74, 6) is -3.12. The maximum atomic E-state index is 15.6. The van der Waals surface area contributed by atoms with Gasteiger partial charge in [0.2, 0.25) is 5.79 Å². The molecule has 1 amide bonds. The van der Waals surface area contributed by atoms with Crippen LogP contribution >= 0.6 is 0 Å². The molecule has 4 heterocycles. The first-order chi connectivity index (χ1) is 19.9. The highest BCUT2D eigenvalue weighted by Crippen LogP contribution is 2.49. The first-order valence-corrected chi connectivity index (χ1v) is 13.4. The average Bonchev–Trinajstić information content (AvgIpc) is 3.34. The summed E-state index contributed by atoms with van der Waals surface area (Å²) in [4.78, 5) is 22.2. The largest absolute Gasteiger partial charge is 0.493 e. The number of hydrogen-bond donors (Lipinski definition) is 2. The van der Waals surface area contributed by atoms with Gasteiger partial charge in [0.1, 0.15) is 17.2 Å². The zero-order chi connectivity index (χ0) is 29.9. The Balaban J connectivity index is 1.34. The SMILES string of the molecule is COc1cc(C(=O)NCC2(c3cc(C(C)(C)O)c(F)c(-c4ccc(F)cc4)n3)OCCO2)cn2cc(C3(F)CC3)nc12. The number of rotatable bonds is 8. The second-order valence-electron chi connectivity index (χ2n) is 11.0. The predicted octanol–water partition coefficient (Wildman–Crippen LogP) is 4.50. The summed E-state index contributed by atoms with van der Waals surface area (Å²) in [6.07, 6.45) is 3.85. The number of nitrogens with zero attached hydrogens (tertiary/aromatic N) is 3. The topological polar surface area (TPSA) is 107 Å². The lowest BCUT2D eigenvalue weighted by Crippen LogP contribution is -2.43. The van der Waals surface area contributed by atoms with Crippen molar-refractivity contribution < 1.29 is 37.3 Å². The Bertz CT molecular complexity index is 1670. The summed E-state index contributed by atoms with van der Waals surface area (Å²) in [5.41, 5.74) is -2.03. The number of ether oxygens (including phenoxy) is 3. The van der Waals surface area contributed by atoms with Crippen LogP contribution in [0, 0.1) is 11.6 Å². The predicted molar refractivity (Wildman–Crippen MR) is 145 cm³/mol. The van der Waals surface area contributed by atoms with Gasteiger partial charge in [0.25, 0.3) is 5.91 Å². The van der Waals surface area contributed by atoms with Gasteiger partial charge in [-0.25, -0.2) is 23.1 Å². The number of hydrogen-bond acceptors (Lipinski definition) is 7. The highest BCUT2D eigenvalue weighted by molar-refractivity contribution is 5.95. The minimum atomic E-state index is -1.62. The molecule has 0 spiro atoms. The monoisotopic (exact) mass is 582 g/mol. The molecule has 42 heavy (non-hydrogen) atoms. The number of carbonyl (C=O) groups is 1. The van der Waals surface area contributed by atoms with Crippen molar-refractivity contribution in [3.05, 3.63) is 82.9 Å². The van der Waals surface area contributed by atoms with Crippen LogP contribution in [0.25, 0.3) is 16.9 Å². The van der Waals surface area contributed by atoms with E-state index in [1.54, 1.807) is 10.6 Å². The Labute approximate surface area is 239 Å². The second-order valence-corrected chi connectivity index (χ2v) is 11.0. The third-order valence-corrected chi connectivity index (χ3v) is 7.51. The highest BCUT2D eigenvalue weighted by Gasteiger charge is 2.47. The molecule has 6 rings (SSSR count). The van der Waals surface area contributed by atoms with E-state index in [-0.39, 0.29) is 53.5 Å². The van der Waals surface area contributed by atoms with Crippen molar-refractivity contribution in [3.8, 4) is 17.0 Å². The number of aliphatic hydroxyl groups is 1. The molecule has 12 heteroatoms. The molecule has 4 aromatic rings. The Morgan fingerprint density at radius 3 is 2.40 bits per heavy atom. The molecule has 1 aliphatic heterocycles. The summed E-state index contributed by atoms with van der Waals surface area (Å²) < 4.78 is 62.8. The van der Waals surface area contributed by atoms with Crippen LogP contribution in [0.3, 0.4) is 0 Å². The molecule has 1 saturated carbocycles. The summed E-state index contributed by atoms with van der Waals surface area (Å²) in [6, 6.07) is 7.95. The van der Waals surface area contributed by atoms with Crippen LogP contribution in [-0.4, -0.2) is 52.3 Å². The molecule has 0 bridgehead atoms. The normalized spacial score (nSPS) is 17.4. The number of aromatic nitrogens is 3. The molecule has 1 saturated heterocycles. The molecule has 9 nitrogen and oxygen atoms in total. The lowest BCUT2D eigenvalue weighted by molar-refractivity contribution is -0.163. The Morgan fingerprint density at radius 1 is 1.10 bits per heavy atom. The number of fused-ring (bicyclic) bond motifs is 1. The number of carbonyl (C=O) groups excluding carboxylic acids is 1. The molecule has 220 valence electrons. The Kier molecular flexibility index (Phi) is 6.75. The van der Waals surface area contributed by atoms with E-state index in [1.165, 1.54) is 63.6 Å². The first-order valence-electron chi connectivity index (χ1n) is 13.4. The Hall–Kier alpha value is -4.00. The van der Waals surface area contributed by atoms with Crippen LogP contribution in [0.1, 0.15) is 54.0 Å². The number of nitrogens with one attached hydrogen (secondary N) is 1. The van der Waals surface area contributed by atoms with Crippen molar-refractivity contribution >= 4 is 11.6 Å². The van der Waals surface area contributed by atoms with Crippen LogP contribution in [0.5, 0.6) is 5.75 Å². The number of halogens is 3. The third-order valence-electron chi connectivity index (χ3n) is 7.51. The first kappa shape index (κ1) is 28.1. The standard InChI is InChI=1S/C30H29F3N4O5/c1-28(2,39)20-13-22(35-25(24(20)32)17-4-6-19(31)7-5-17)30(41-10-11-42-30)16-34-27(38)18-12-21(40-3)26-36-23(15-37(26)14-18)29(33)8-9-29/h4-7,12-15,39H,8-11,16H2,1-3H3,(H,34,38). The van der Waals surface area contributed by atoms with Crippen LogP contribution in [0.2, 0.25) is 0 Å². The molecular weight excluding hydrogens is 553 g/mol. The van der Waals surface area contributed by atoms with E-state index >= 15 is 4.39 Å². The van der Waals surface area contributed by atoms with E-state index < -0.39 is 34.6 Å². The van der Waals surface area contributed by atoms with Crippen molar-refractivity contribution in [1.82, 2.24) is 19.7 Å². The summed E-state index contributed by atoms with van der Waals surface area (Å²) >= 11 is 0.